The second kappa shape index (κ2) is 7.43. The minimum Gasteiger partial charge on any atom is -0.481 e. The zero-order valence-electron chi connectivity index (χ0n) is 16.4. The number of aliphatic carboxylic acids is 1. The van der Waals surface area contributed by atoms with E-state index in [0.29, 0.717) is 26.2 Å². The highest BCUT2D eigenvalue weighted by atomic mass is 35.5. The van der Waals surface area contributed by atoms with Gasteiger partial charge in [0.25, 0.3) is 0 Å². The third-order valence-corrected chi connectivity index (χ3v) is 7.09. The molecule has 3 aliphatic rings. The minimum absolute atomic E-state index is 0.0251. The molecule has 28 heavy (non-hydrogen) atoms. The van der Waals surface area contributed by atoms with Crippen molar-refractivity contribution in [3.63, 3.8) is 0 Å². The van der Waals surface area contributed by atoms with Crippen molar-refractivity contribution in [1.29, 1.82) is 0 Å². The molecule has 4 atom stereocenters. The molecule has 1 N–H and O–H groups in total. The molecule has 2 bridgehead atoms. The quantitative estimate of drug-likeness (QED) is 0.783. The summed E-state index contributed by atoms with van der Waals surface area (Å²) in [6.45, 7) is 6.74. The Hall–Kier alpha value is -2.01. The Balaban J connectivity index is 1.50. The average molecular weight is 403 g/mol. The minimum atomic E-state index is -0.820. The normalized spacial score (nSPS) is 29.3. The number of allylic oxidation sites excluding steroid dienone is 2. The van der Waals surface area contributed by atoms with Crippen molar-refractivity contribution in [2.75, 3.05) is 31.1 Å². The summed E-state index contributed by atoms with van der Waals surface area (Å²) in [7, 11) is 0. The second-order valence-electron chi connectivity index (χ2n) is 8.40. The highest BCUT2D eigenvalue weighted by Crippen LogP contribution is 2.57. The van der Waals surface area contributed by atoms with Gasteiger partial charge < -0.3 is 14.9 Å². The van der Waals surface area contributed by atoms with Crippen LogP contribution >= 0.6 is 11.6 Å². The molecule has 1 aliphatic heterocycles. The number of nitrogens with zero attached hydrogens (tertiary/aromatic N) is 2. The van der Waals surface area contributed by atoms with Crippen LogP contribution in [0.15, 0.2) is 35.4 Å². The van der Waals surface area contributed by atoms with Gasteiger partial charge in [-0.05, 0) is 50.7 Å². The lowest BCUT2D eigenvalue weighted by Crippen LogP contribution is -2.52. The van der Waals surface area contributed by atoms with Gasteiger partial charge in [-0.25, -0.2) is 0 Å². The van der Waals surface area contributed by atoms with Crippen molar-refractivity contribution >= 4 is 29.2 Å². The number of carboxylic acids is 1. The standard InChI is InChI=1S/C22H27ClN2O3/c1-13(2)18-14-7-8-15(18)20(22(27)28)19(14)21(26)25-11-9-24(10-12-25)17-6-4-3-5-16(17)23/h3-6,14-15,19-20H,7-12H2,1-2H3,(H,27,28)/t14-,15+,19+,20-/m0/s1. The molecule has 1 aromatic rings. The molecule has 150 valence electrons. The number of carbonyl (C=O) groups excluding carboxylic acids is 1. The Bertz CT molecular complexity index is 825. The highest BCUT2D eigenvalue weighted by molar-refractivity contribution is 6.33. The number of rotatable bonds is 3. The van der Waals surface area contributed by atoms with Gasteiger partial charge in [-0.15, -0.1) is 0 Å². The van der Waals surface area contributed by atoms with Crippen molar-refractivity contribution in [3.8, 4) is 0 Å². The highest BCUT2D eigenvalue weighted by Gasteiger charge is 2.58. The van der Waals surface area contributed by atoms with Crippen molar-refractivity contribution < 1.29 is 14.7 Å². The smallest absolute Gasteiger partial charge is 0.307 e. The van der Waals surface area contributed by atoms with Gasteiger partial charge in [-0.2, -0.15) is 0 Å². The lowest BCUT2D eigenvalue weighted by Gasteiger charge is -2.39. The first-order valence-corrected chi connectivity index (χ1v) is 10.5. The molecule has 2 aliphatic carbocycles. The molecule has 4 rings (SSSR count). The number of hydrogen-bond acceptors (Lipinski definition) is 3. The molecule has 0 aromatic heterocycles. The van der Waals surface area contributed by atoms with Crippen molar-refractivity contribution in [2.24, 2.45) is 23.7 Å². The number of fused-ring (bicyclic) bond motifs is 2. The van der Waals surface area contributed by atoms with E-state index in [1.165, 1.54) is 11.1 Å². The summed E-state index contributed by atoms with van der Waals surface area (Å²) in [6.07, 6.45) is 1.83. The van der Waals surface area contributed by atoms with E-state index >= 15 is 0 Å². The maximum Gasteiger partial charge on any atom is 0.307 e. The summed E-state index contributed by atoms with van der Waals surface area (Å²) in [6, 6.07) is 7.75. The van der Waals surface area contributed by atoms with E-state index in [2.05, 4.69) is 18.7 Å². The molecular formula is C22H27ClN2O3. The molecular weight excluding hydrogens is 376 g/mol. The van der Waals surface area contributed by atoms with Gasteiger partial charge in [0.2, 0.25) is 5.91 Å². The fourth-order valence-corrected chi connectivity index (χ4v) is 5.93. The maximum atomic E-state index is 13.4. The van der Waals surface area contributed by atoms with E-state index in [9.17, 15) is 14.7 Å². The van der Waals surface area contributed by atoms with Crippen LogP contribution in [-0.2, 0) is 9.59 Å². The Morgan fingerprint density at radius 1 is 1.00 bits per heavy atom. The summed E-state index contributed by atoms with van der Waals surface area (Å²) < 4.78 is 0. The summed E-state index contributed by atoms with van der Waals surface area (Å²) in [5, 5.41) is 10.6. The van der Waals surface area contributed by atoms with Crippen LogP contribution < -0.4 is 4.90 Å². The number of piperazine rings is 1. The number of carboxylic acid groups (broad SMARTS) is 1. The SMILES string of the molecule is CC(C)=C1[C@H]2CC[C@@H]1[C@@H](C(=O)N1CCN(c3ccccc3Cl)CC1)[C@H]2C(=O)O. The average Bonchev–Trinajstić information content (AvgIpc) is 3.24. The number of benzene rings is 1. The molecule has 1 heterocycles. The first kappa shape index (κ1) is 19.3. The maximum absolute atomic E-state index is 13.4. The molecule has 1 aromatic carbocycles. The number of anilines is 1. The number of amides is 1. The second-order valence-corrected chi connectivity index (χ2v) is 8.81. The van der Waals surface area contributed by atoms with Gasteiger partial charge in [-0.1, -0.05) is 34.9 Å². The van der Waals surface area contributed by atoms with Gasteiger partial charge in [0, 0.05) is 26.2 Å². The van der Waals surface area contributed by atoms with E-state index in [-0.39, 0.29) is 17.7 Å². The molecule has 0 radical (unpaired) electrons. The monoisotopic (exact) mass is 402 g/mol. The van der Waals surface area contributed by atoms with Crippen LogP contribution in [0.2, 0.25) is 5.02 Å². The number of para-hydroxylation sites is 1. The van der Waals surface area contributed by atoms with Crippen LogP contribution in [0.4, 0.5) is 5.69 Å². The van der Waals surface area contributed by atoms with Crippen LogP contribution in [0.5, 0.6) is 0 Å². The summed E-state index contributed by atoms with van der Waals surface area (Å²) in [5.74, 6) is -1.64. The van der Waals surface area contributed by atoms with Gasteiger partial charge in [0.05, 0.1) is 22.5 Å². The topological polar surface area (TPSA) is 60.9 Å². The van der Waals surface area contributed by atoms with E-state index < -0.39 is 17.8 Å². The van der Waals surface area contributed by atoms with Gasteiger partial charge in [-0.3, -0.25) is 9.59 Å². The number of halogens is 1. The molecule has 3 fully saturated rings. The Morgan fingerprint density at radius 3 is 2.18 bits per heavy atom. The van der Waals surface area contributed by atoms with Gasteiger partial charge in [0.15, 0.2) is 0 Å². The summed E-state index contributed by atoms with van der Waals surface area (Å²) >= 11 is 6.31. The molecule has 2 saturated carbocycles. The summed E-state index contributed by atoms with van der Waals surface area (Å²) in [5.41, 5.74) is 3.42. The summed E-state index contributed by atoms with van der Waals surface area (Å²) in [4.78, 5) is 29.5. The fraction of sp³-hybridized carbons (Fsp3) is 0.545. The Morgan fingerprint density at radius 2 is 1.61 bits per heavy atom. The largest absolute Gasteiger partial charge is 0.481 e. The third kappa shape index (κ3) is 3.10. The third-order valence-electron chi connectivity index (χ3n) is 6.77. The van der Waals surface area contributed by atoms with Crippen LogP contribution in [-0.4, -0.2) is 48.1 Å². The van der Waals surface area contributed by atoms with E-state index in [4.69, 9.17) is 11.6 Å². The lowest BCUT2D eigenvalue weighted by atomic mass is 9.78. The predicted octanol–water partition coefficient (Wildman–Crippen LogP) is 3.68. The molecule has 1 saturated heterocycles. The zero-order chi connectivity index (χ0) is 20.0. The molecule has 6 heteroatoms. The van der Waals surface area contributed by atoms with Crippen molar-refractivity contribution in [2.45, 2.75) is 26.7 Å². The zero-order valence-corrected chi connectivity index (χ0v) is 17.2. The van der Waals surface area contributed by atoms with Crippen molar-refractivity contribution in [3.05, 3.63) is 40.4 Å². The molecule has 0 unspecified atom stereocenters. The lowest BCUT2D eigenvalue weighted by molar-refractivity contribution is -0.153. The molecule has 0 spiro atoms. The van der Waals surface area contributed by atoms with Crippen molar-refractivity contribution in [1.82, 2.24) is 4.90 Å². The van der Waals surface area contributed by atoms with E-state index in [1.807, 2.05) is 29.2 Å². The Kier molecular flexibility index (Phi) is 5.13. The van der Waals surface area contributed by atoms with Crippen LogP contribution in [0.1, 0.15) is 26.7 Å². The number of carbonyl (C=O) groups is 2. The van der Waals surface area contributed by atoms with Crippen LogP contribution in [0, 0.1) is 23.7 Å². The Labute approximate surface area is 171 Å². The van der Waals surface area contributed by atoms with Gasteiger partial charge >= 0.3 is 5.97 Å². The first-order valence-electron chi connectivity index (χ1n) is 10.1. The van der Waals surface area contributed by atoms with E-state index in [1.54, 1.807) is 0 Å². The first-order chi connectivity index (χ1) is 13.4. The van der Waals surface area contributed by atoms with E-state index in [0.717, 1.165) is 23.6 Å². The van der Waals surface area contributed by atoms with Gasteiger partial charge in [0.1, 0.15) is 0 Å². The molecule has 1 amide bonds. The number of hydrogen-bond donors (Lipinski definition) is 1. The fourth-order valence-electron chi connectivity index (χ4n) is 5.67. The molecule has 5 nitrogen and oxygen atoms in total. The predicted molar refractivity (Wildman–Crippen MR) is 109 cm³/mol. The van der Waals surface area contributed by atoms with Crippen LogP contribution in [0.25, 0.3) is 0 Å². The van der Waals surface area contributed by atoms with Crippen LogP contribution in [0.3, 0.4) is 0 Å².